The van der Waals surface area contributed by atoms with Crippen molar-refractivity contribution < 1.29 is 14.6 Å². The van der Waals surface area contributed by atoms with Gasteiger partial charge in [-0.05, 0) is 80.5 Å². The van der Waals surface area contributed by atoms with Gasteiger partial charge in [0.2, 0.25) is 0 Å². The van der Waals surface area contributed by atoms with Gasteiger partial charge < -0.3 is 14.6 Å². The molecule has 5 rings (SSSR count). The zero-order valence-corrected chi connectivity index (χ0v) is 16.4. The van der Waals surface area contributed by atoms with Crippen LogP contribution in [0.1, 0.15) is 71.6 Å². The van der Waals surface area contributed by atoms with E-state index in [9.17, 15) is 5.11 Å². The Morgan fingerprint density at radius 1 is 0.923 bits per heavy atom. The van der Waals surface area contributed by atoms with Crippen LogP contribution in [0.3, 0.4) is 0 Å². The summed E-state index contributed by atoms with van der Waals surface area (Å²) in [4.78, 5) is 0. The minimum absolute atomic E-state index is 0.183. The second-order valence-corrected chi connectivity index (χ2v) is 10.5. The van der Waals surface area contributed by atoms with Crippen molar-refractivity contribution in [1.29, 1.82) is 0 Å². The zero-order chi connectivity index (χ0) is 18.2. The van der Waals surface area contributed by atoms with Gasteiger partial charge in [-0.15, -0.1) is 6.42 Å². The molecule has 1 aliphatic heterocycles. The first-order valence-corrected chi connectivity index (χ1v) is 10.8. The molecule has 0 amide bonds. The van der Waals surface area contributed by atoms with Crippen LogP contribution < -0.4 is 0 Å². The predicted octanol–water partition coefficient (Wildman–Crippen LogP) is 4.14. The summed E-state index contributed by atoms with van der Waals surface area (Å²) in [6.07, 6.45) is 15.7. The first-order valence-electron chi connectivity index (χ1n) is 10.8. The van der Waals surface area contributed by atoms with E-state index in [0.717, 1.165) is 56.7 Å². The van der Waals surface area contributed by atoms with Crippen LogP contribution in [0, 0.1) is 46.8 Å². The van der Waals surface area contributed by atoms with Gasteiger partial charge in [-0.3, -0.25) is 0 Å². The lowest BCUT2D eigenvalue weighted by atomic mass is 9.44. The minimum atomic E-state index is -0.858. The molecule has 1 N–H and O–H groups in total. The molecule has 0 unspecified atom stereocenters. The molecule has 1 spiro atoms. The smallest absolute Gasteiger partial charge is 0.174 e. The number of rotatable bonds is 0. The SMILES string of the molecule is C#C[C@]1(O)CC[C@@]2(C)[C@@H](CC[C@H]3[C@H]4CCC5(OCCO5)[C@@]4(C)CC[C@@H]32)C1. The highest BCUT2D eigenvalue weighted by Crippen LogP contribution is 2.69. The Kier molecular flexibility index (Phi) is 3.70. The second-order valence-electron chi connectivity index (χ2n) is 10.5. The van der Waals surface area contributed by atoms with Crippen LogP contribution in [0.2, 0.25) is 0 Å². The Balaban J connectivity index is 1.43. The van der Waals surface area contributed by atoms with Crippen molar-refractivity contribution in [3.63, 3.8) is 0 Å². The van der Waals surface area contributed by atoms with Crippen molar-refractivity contribution in [2.45, 2.75) is 83.0 Å². The van der Waals surface area contributed by atoms with E-state index in [0.29, 0.717) is 11.3 Å². The molecule has 7 atom stereocenters. The van der Waals surface area contributed by atoms with Gasteiger partial charge in [0.1, 0.15) is 5.60 Å². The highest BCUT2D eigenvalue weighted by molar-refractivity contribution is 5.17. The normalized spacial score (nSPS) is 55.0. The first kappa shape index (κ1) is 17.5. The molecule has 5 aliphatic rings. The van der Waals surface area contributed by atoms with Gasteiger partial charge in [0.15, 0.2) is 5.79 Å². The summed E-state index contributed by atoms with van der Waals surface area (Å²) in [7, 11) is 0. The third-order valence-electron chi connectivity index (χ3n) is 9.79. The summed E-state index contributed by atoms with van der Waals surface area (Å²) in [5, 5.41) is 10.7. The summed E-state index contributed by atoms with van der Waals surface area (Å²) >= 11 is 0. The maximum Gasteiger partial charge on any atom is 0.174 e. The molecule has 3 heteroatoms. The van der Waals surface area contributed by atoms with E-state index in [-0.39, 0.29) is 11.2 Å². The zero-order valence-electron chi connectivity index (χ0n) is 16.4. The van der Waals surface area contributed by atoms with Crippen LogP contribution in [0.25, 0.3) is 0 Å². The second kappa shape index (κ2) is 5.49. The number of fused-ring (bicyclic) bond motifs is 6. The summed E-state index contributed by atoms with van der Waals surface area (Å²) in [6.45, 7) is 6.50. The minimum Gasteiger partial charge on any atom is -0.378 e. The van der Waals surface area contributed by atoms with Crippen molar-refractivity contribution in [2.24, 2.45) is 34.5 Å². The van der Waals surface area contributed by atoms with Crippen molar-refractivity contribution in [3.8, 4) is 12.3 Å². The van der Waals surface area contributed by atoms with Gasteiger partial charge in [0.05, 0.1) is 13.2 Å². The molecular formula is C23H34O3. The molecule has 26 heavy (non-hydrogen) atoms. The largest absolute Gasteiger partial charge is 0.378 e. The molecule has 4 saturated carbocycles. The Morgan fingerprint density at radius 3 is 2.38 bits per heavy atom. The van der Waals surface area contributed by atoms with Gasteiger partial charge >= 0.3 is 0 Å². The van der Waals surface area contributed by atoms with Crippen molar-refractivity contribution >= 4 is 0 Å². The van der Waals surface area contributed by atoms with E-state index >= 15 is 0 Å². The lowest BCUT2D eigenvalue weighted by molar-refractivity contribution is -0.248. The van der Waals surface area contributed by atoms with Crippen LogP contribution in [0.15, 0.2) is 0 Å². The van der Waals surface area contributed by atoms with Crippen LogP contribution >= 0.6 is 0 Å². The van der Waals surface area contributed by atoms with E-state index in [4.69, 9.17) is 15.9 Å². The fourth-order valence-corrected chi connectivity index (χ4v) is 8.26. The lowest BCUT2D eigenvalue weighted by Crippen LogP contribution is -2.58. The summed E-state index contributed by atoms with van der Waals surface area (Å²) in [5.41, 5.74) is -0.328. The molecule has 4 aliphatic carbocycles. The molecule has 0 aromatic rings. The van der Waals surface area contributed by atoms with Gasteiger partial charge in [0.25, 0.3) is 0 Å². The van der Waals surface area contributed by atoms with Crippen LogP contribution in [-0.2, 0) is 9.47 Å². The molecule has 0 aromatic carbocycles. The average molecular weight is 359 g/mol. The Labute approximate surface area is 158 Å². The van der Waals surface area contributed by atoms with Gasteiger partial charge in [0, 0.05) is 11.8 Å². The maximum absolute atomic E-state index is 10.7. The highest BCUT2D eigenvalue weighted by Gasteiger charge is 2.67. The number of aliphatic hydroxyl groups is 1. The summed E-state index contributed by atoms with van der Waals surface area (Å²) in [5.74, 6) is 5.28. The molecule has 0 aromatic heterocycles. The third kappa shape index (κ3) is 2.07. The van der Waals surface area contributed by atoms with Crippen LogP contribution in [0.5, 0.6) is 0 Å². The van der Waals surface area contributed by atoms with E-state index in [2.05, 4.69) is 19.8 Å². The molecule has 1 saturated heterocycles. The monoisotopic (exact) mass is 358 g/mol. The van der Waals surface area contributed by atoms with Crippen LogP contribution in [-0.4, -0.2) is 29.7 Å². The van der Waals surface area contributed by atoms with Gasteiger partial charge in [-0.25, -0.2) is 0 Å². The molecule has 144 valence electrons. The molecule has 3 nitrogen and oxygen atoms in total. The topological polar surface area (TPSA) is 38.7 Å². The quantitative estimate of drug-likeness (QED) is 0.662. The fraction of sp³-hybridized carbons (Fsp3) is 0.913. The van der Waals surface area contributed by atoms with E-state index in [1.165, 1.54) is 32.1 Å². The standard InChI is InChI=1S/C23H34O3/c1-4-22(24)12-11-20(2)16(15-22)5-6-17-18(20)7-9-21(3)19(17)8-10-23(21)25-13-14-26-23/h1,16-19,24H,5-15H2,2-3H3/t16-,17+,18-,19+,20-,21-,22-/m0/s1. The molecule has 0 radical (unpaired) electrons. The highest BCUT2D eigenvalue weighted by atomic mass is 16.7. The number of terminal acetylenes is 1. The third-order valence-corrected chi connectivity index (χ3v) is 9.79. The van der Waals surface area contributed by atoms with E-state index in [1.54, 1.807) is 0 Å². The van der Waals surface area contributed by atoms with Crippen molar-refractivity contribution in [2.75, 3.05) is 13.2 Å². The molecule has 5 fully saturated rings. The van der Waals surface area contributed by atoms with Gasteiger partial charge in [-0.2, -0.15) is 0 Å². The maximum atomic E-state index is 10.7. The molecule has 1 heterocycles. The number of hydrogen-bond donors (Lipinski definition) is 1. The molecular weight excluding hydrogens is 324 g/mol. The predicted molar refractivity (Wildman–Crippen MR) is 100 cm³/mol. The average Bonchev–Trinajstić information content (AvgIpc) is 3.22. The Hall–Kier alpha value is -0.560. The number of hydrogen-bond acceptors (Lipinski definition) is 3. The Morgan fingerprint density at radius 2 is 1.65 bits per heavy atom. The van der Waals surface area contributed by atoms with Gasteiger partial charge in [-0.1, -0.05) is 19.8 Å². The lowest BCUT2D eigenvalue weighted by Gasteiger charge is -2.62. The molecule has 0 bridgehead atoms. The summed E-state index contributed by atoms with van der Waals surface area (Å²) < 4.78 is 12.5. The van der Waals surface area contributed by atoms with E-state index < -0.39 is 5.60 Å². The number of ether oxygens (including phenoxy) is 2. The van der Waals surface area contributed by atoms with Crippen LogP contribution in [0.4, 0.5) is 0 Å². The van der Waals surface area contributed by atoms with E-state index in [1.807, 2.05) is 0 Å². The van der Waals surface area contributed by atoms with Crippen molar-refractivity contribution in [1.82, 2.24) is 0 Å². The Bertz CT molecular complexity index is 632. The van der Waals surface area contributed by atoms with Crippen molar-refractivity contribution in [3.05, 3.63) is 0 Å². The first-order chi connectivity index (χ1) is 12.4. The summed E-state index contributed by atoms with van der Waals surface area (Å²) in [6, 6.07) is 0. The fourth-order valence-electron chi connectivity index (χ4n) is 8.26.